The van der Waals surface area contributed by atoms with Gasteiger partial charge < -0.3 is 9.47 Å². The van der Waals surface area contributed by atoms with Crippen LogP contribution >= 0.6 is 46.4 Å². The lowest BCUT2D eigenvalue weighted by atomic mass is 10.0. The van der Waals surface area contributed by atoms with Gasteiger partial charge in [0.05, 0.1) is 20.1 Å². The molecule has 0 N–H and O–H groups in total. The Kier molecular flexibility index (Phi) is 12.2. The number of carbonyl (C=O) groups is 4. The summed E-state index contributed by atoms with van der Waals surface area (Å²) in [6.07, 6.45) is 5.88. The molecule has 2 aromatic rings. The standard InChI is InChI=1S/C26H26Cl4O6/c1-3-5-7-9-21(31)15-11-17(27)23(18(28)12-15)35-25(33)26(34)36-24-19(29)13-16(14-20(24)30)22(32)10-8-6-4-2/h11-14H,3-10H2,1-2H3. The third kappa shape index (κ3) is 8.48. The zero-order valence-corrected chi connectivity index (χ0v) is 23.0. The van der Waals surface area contributed by atoms with Gasteiger partial charge in [0.15, 0.2) is 23.1 Å². The Morgan fingerprint density at radius 1 is 0.583 bits per heavy atom. The molecule has 0 fully saturated rings. The van der Waals surface area contributed by atoms with E-state index in [-0.39, 0.29) is 54.3 Å². The number of carbonyl (C=O) groups excluding carboxylic acids is 4. The fourth-order valence-electron chi connectivity index (χ4n) is 3.27. The lowest BCUT2D eigenvalue weighted by Crippen LogP contribution is -2.26. The van der Waals surface area contributed by atoms with Crippen molar-refractivity contribution in [3.05, 3.63) is 55.5 Å². The zero-order chi connectivity index (χ0) is 26.8. The largest absolute Gasteiger partial charge is 0.423 e. The van der Waals surface area contributed by atoms with E-state index < -0.39 is 11.9 Å². The van der Waals surface area contributed by atoms with E-state index in [1.54, 1.807) is 0 Å². The minimum atomic E-state index is -1.44. The van der Waals surface area contributed by atoms with Gasteiger partial charge in [-0.05, 0) is 37.1 Å². The molecule has 0 atom stereocenters. The summed E-state index contributed by atoms with van der Waals surface area (Å²) in [5.74, 6) is -3.77. The number of rotatable bonds is 12. The number of esters is 2. The van der Waals surface area contributed by atoms with Crippen LogP contribution in [0.15, 0.2) is 24.3 Å². The molecule has 194 valence electrons. The van der Waals surface area contributed by atoms with Crippen LogP contribution in [0, 0.1) is 0 Å². The molecule has 6 nitrogen and oxygen atoms in total. The van der Waals surface area contributed by atoms with Crippen LogP contribution in [0.3, 0.4) is 0 Å². The first-order valence-corrected chi connectivity index (χ1v) is 13.1. The van der Waals surface area contributed by atoms with Gasteiger partial charge in [0.25, 0.3) is 0 Å². The third-order valence-corrected chi connectivity index (χ3v) is 6.33. The second-order valence-corrected chi connectivity index (χ2v) is 9.71. The van der Waals surface area contributed by atoms with Crippen LogP contribution < -0.4 is 9.47 Å². The molecule has 0 saturated carbocycles. The predicted octanol–water partition coefficient (Wildman–Crippen LogP) is 8.34. The van der Waals surface area contributed by atoms with Crippen LogP contribution in [-0.4, -0.2) is 23.5 Å². The first-order chi connectivity index (χ1) is 17.1. The number of unbranched alkanes of at least 4 members (excludes halogenated alkanes) is 4. The van der Waals surface area contributed by atoms with E-state index in [0.29, 0.717) is 12.8 Å². The Morgan fingerprint density at radius 2 is 0.889 bits per heavy atom. The van der Waals surface area contributed by atoms with Crippen molar-refractivity contribution in [2.24, 2.45) is 0 Å². The van der Waals surface area contributed by atoms with Crippen LogP contribution in [0.25, 0.3) is 0 Å². The molecule has 2 aromatic carbocycles. The van der Waals surface area contributed by atoms with Gasteiger partial charge in [-0.2, -0.15) is 0 Å². The molecule has 0 aliphatic heterocycles. The fraction of sp³-hybridized carbons (Fsp3) is 0.385. The number of ether oxygens (including phenoxy) is 2. The minimum absolute atomic E-state index is 0.121. The highest BCUT2D eigenvalue weighted by molar-refractivity contribution is 6.40. The maximum atomic E-state index is 12.3. The smallest absolute Gasteiger partial charge is 0.415 e. The maximum absolute atomic E-state index is 12.3. The molecule has 0 bridgehead atoms. The van der Waals surface area contributed by atoms with Crippen LogP contribution in [0.1, 0.15) is 85.9 Å². The van der Waals surface area contributed by atoms with Crippen LogP contribution in [0.2, 0.25) is 20.1 Å². The summed E-state index contributed by atoms with van der Waals surface area (Å²) in [5, 5.41) is -0.483. The molecule has 0 amide bonds. The number of halogens is 4. The quantitative estimate of drug-likeness (QED) is 0.0830. The van der Waals surface area contributed by atoms with Gasteiger partial charge in [-0.1, -0.05) is 85.9 Å². The van der Waals surface area contributed by atoms with E-state index in [1.165, 1.54) is 24.3 Å². The highest BCUT2D eigenvalue weighted by Gasteiger charge is 2.26. The summed E-state index contributed by atoms with van der Waals surface area (Å²) in [7, 11) is 0. The lowest BCUT2D eigenvalue weighted by Gasteiger charge is -2.12. The highest BCUT2D eigenvalue weighted by atomic mass is 35.5. The summed E-state index contributed by atoms with van der Waals surface area (Å²) in [6, 6.07) is 5.28. The number of benzene rings is 2. The van der Waals surface area contributed by atoms with E-state index in [9.17, 15) is 19.2 Å². The van der Waals surface area contributed by atoms with E-state index in [0.717, 1.165) is 38.5 Å². The van der Waals surface area contributed by atoms with Gasteiger partial charge in [0, 0.05) is 24.0 Å². The fourth-order valence-corrected chi connectivity index (χ4v) is 4.39. The van der Waals surface area contributed by atoms with E-state index in [4.69, 9.17) is 55.9 Å². The Balaban J connectivity index is 2.10. The third-order valence-electron chi connectivity index (χ3n) is 5.21. The van der Waals surface area contributed by atoms with Crippen LogP contribution in [0.4, 0.5) is 0 Å². The van der Waals surface area contributed by atoms with Crippen molar-refractivity contribution in [3.63, 3.8) is 0 Å². The summed E-state index contributed by atoms with van der Waals surface area (Å²) < 4.78 is 10.0. The molecule has 36 heavy (non-hydrogen) atoms. The average molecular weight is 576 g/mol. The molecular weight excluding hydrogens is 550 g/mol. The van der Waals surface area contributed by atoms with Gasteiger partial charge in [0.1, 0.15) is 0 Å². The number of ketones is 2. The van der Waals surface area contributed by atoms with Gasteiger partial charge >= 0.3 is 11.9 Å². The molecule has 0 heterocycles. The van der Waals surface area contributed by atoms with Crippen molar-refractivity contribution >= 4 is 69.9 Å². The summed E-state index contributed by atoms with van der Waals surface area (Å²) in [6.45, 7) is 4.06. The predicted molar refractivity (Wildman–Crippen MR) is 141 cm³/mol. The zero-order valence-electron chi connectivity index (χ0n) is 19.9. The van der Waals surface area contributed by atoms with Crippen molar-refractivity contribution in [3.8, 4) is 11.5 Å². The molecule has 2 rings (SSSR count). The van der Waals surface area contributed by atoms with Crippen molar-refractivity contribution in [1.29, 1.82) is 0 Å². The number of Topliss-reactive ketones (excluding diaryl/α,β-unsaturated/α-hetero) is 2. The molecule has 0 radical (unpaired) electrons. The second kappa shape index (κ2) is 14.6. The normalized spacial score (nSPS) is 10.7. The monoisotopic (exact) mass is 574 g/mol. The van der Waals surface area contributed by atoms with E-state index in [2.05, 4.69) is 0 Å². The summed E-state index contributed by atoms with van der Waals surface area (Å²) >= 11 is 24.6. The van der Waals surface area contributed by atoms with Crippen molar-refractivity contribution in [2.75, 3.05) is 0 Å². The van der Waals surface area contributed by atoms with Crippen molar-refractivity contribution < 1.29 is 28.7 Å². The minimum Gasteiger partial charge on any atom is -0.415 e. The molecular formula is C26H26Cl4O6. The average Bonchev–Trinajstić information content (AvgIpc) is 2.83. The number of hydrogen-bond donors (Lipinski definition) is 0. The Morgan fingerprint density at radius 3 is 1.17 bits per heavy atom. The summed E-state index contributed by atoms with van der Waals surface area (Å²) in [4.78, 5) is 49.3. The van der Waals surface area contributed by atoms with Gasteiger partial charge in [-0.25, -0.2) is 9.59 Å². The molecule has 0 aliphatic rings. The van der Waals surface area contributed by atoms with Gasteiger partial charge in [-0.3, -0.25) is 9.59 Å². The molecule has 0 spiro atoms. The van der Waals surface area contributed by atoms with Gasteiger partial charge in [0.2, 0.25) is 0 Å². The topological polar surface area (TPSA) is 86.7 Å². The van der Waals surface area contributed by atoms with Crippen molar-refractivity contribution in [1.82, 2.24) is 0 Å². The Labute approximate surface area is 230 Å². The van der Waals surface area contributed by atoms with Crippen LogP contribution in [0.5, 0.6) is 11.5 Å². The van der Waals surface area contributed by atoms with E-state index in [1.807, 2.05) is 13.8 Å². The van der Waals surface area contributed by atoms with Gasteiger partial charge in [-0.15, -0.1) is 0 Å². The SMILES string of the molecule is CCCCCC(=O)c1cc(Cl)c(OC(=O)C(=O)Oc2c(Cl)cc(C(=O)CCCCC)cc2Cl)c(Cl)c1. The first kappa shape index (κ1) is 30.1. The lowest BCUT2D eigenvalue weighted by molar-refractivity contribution is -0.156. The molecule has 0 unspecified atom stereocenters. The molecule has 10 heteroatoms. The second-order valence-electron chi connectivity index (χ2n) is 8.08. The highest BCUT2D eigenvalue weighted by Crippen LogP contribution is 2.37. The molecule has 0 aliphatic carbocycles. The Hall–Kier alpha value is -2.12. The van der Waals surface area contributed by atoms with Crippen LogP contribution in [-0.2, 0) is 9.59 Å². The molecule has 0 aromatic heterocycles. The number of hydrogen-bond acceptors (Lipinski definition) is 6. The summed E-state index contributed by atoms with van der Waals surface area (Å²) in [5.41, 5.74) is 0.540. The molecule has 0 saturated heterocycles. The van der Waals surface area contributed by atoms with E-state index >= 15 is 0 Å². The Bertz CT molecular complexity index is 1010. The maximum Gasteiger partial charge on any atom is 0.423 e. The first-order valence-electron chi connectivity index (χ1n) is 11.6. The van der Waals surface area contributed by atoms with Crippen molar-refractivity contribution in [2.45, 2.75) is 65.2 Å².